The topological polar surface area (TPSA) is 106 Å². The van der Waals surface area contributed by atoms with E-state index >= 15 is 0 Å². The van der Waals surface area contributed by atoms with Gasteiger partial charge in [-0.2, -0.15) is 5.10 Å². The van der Waals surface area contributed by atoms with E-state index in [4.69, 9.17) is 5.73 Å². The summed E-state index contributed by atoms with van der Waals surface area (Å²) in [5.74, 6) is -0.899. The average molecular weight is 420 g/mol. The molecule has 2 heterocycles. The first-order chi connectivity index (χ1) is 14.5. The summed E-state index contributed by atoms with van der Waals surface area (Å²) in [7, 11) is 1.91. The van der Waals surface area contributed by atoms with Crippen molar-refractivity contribution in [2.45, 2.75) is 22.5 Å². The molecule has 1 unspecified atom stereocenters. The normalized spacial score (nSPS) is 15.7. The molecule has 1 aromatic heterocycles. The summed E-state index contributed by atoms with van der Waals surface area (Å²) in [6.45, 7) is 0. The minimum atomic E-state index is -0.703. The number of carbonyl (C=O) groups is 2. The van der Waals surface area contributed by atoms with E-state index in [9.17, 15) is 9.59 Å². The predicted octanol–water partition coefficient (Wildman–Crippen LogP) is 2.63. The number of aromatic nitrogens is 2. The number of rotatable bonds is 6. The molecule has 1 aliphatic rings. The highest BCUT2D eigenvalue weighted by atomic mass is 32.2. The van der Waals surface area contributed by atoms with Crippen LogP contribution in [0.3, 0.4) is 0 Å². The quantitative estimate of drug-likeness (QED) is 0.638. The SMILES string of the molecule is Cn1ccnc1Sc1ccccc1NC(=O)C1=NN(c2ccccc2)C(C(N)=O)C1. The lowest BCUT2D eigenvalue weighted by Crippen LogP contribution is -2.39. The number of nitrogens with zero attached hydrogens (tertiary/aromatic N) is 4. The van der Waals surface area contributed by atoms with Crippen LogP contribution in [0.25, 0.3) is 0 Å². The van der Waals surface area contributed by atoms with E-state index in [0.717, 1.165) is 10.1 Å². The molecule has 0 saturated carbocycles. The maximum atomic E-state index is 12.9. The molecule has 1 aliphatic heterocycles. The first-order valence-corrected chi connectivity index (χ1v) is 10.1. The number of primary amides is 1. The number of para-hydroxylation sites is 2. The smallest absolute Gasteiger partial charge is 0.271 e. The van der Waals surface area contributed by atoms with Gasteiger partial charge in [0.1, 0.15) is 11.8 Å². The van der Waals surface area contributed by atoms with Gasteiger partial charge >= 0.3 is 0 Å². The van der Waals surface area contributed by atoms with Crippen LogP contribution in [0, 0.1) is 0 Å². The fourth-order valence-electron chi connectivity index (χ4n) is 3.09. The lowest BCUT2D eigenvalue weighted by molar-refractivity contribution is -0.119. The summed E-state index contributed by atoms with van der Waals surface area (Å²) in [5, 5.41) is 9.61. The van der Waals surface area contributed by atoms with E-state index in [2.05, 4.69) is 15.4 Å². The Labute approximate surface area is 177 Å². The van der Waals surface area contributed by atoms with Crippen molar-refractivity contribution in [1.82, 2.24) is 9.55 Å². The van der Waals surface area contributed by atoms with Crippen LogP contribution in [0.1, 0.15) is 6.42 Å². The number of hydrazone groups is 1. The molecule has 0 bridgehead atoms. The van der Waals surface area contributed by atoms with E-state index in [-0.39, 0.29) is 18.0 Å². The molecule has 3 aromatic rings. The van der Waals surface area contributed by atoms with Gasteiger partial charge in [-0.25, -0.2) is 4.98 Å². The Bertz CT molecular complexity index is 1110. The monoisotopic (exact) mass is 420 g/mol. The van der Waals surface area contributed by atoms with Gasteiger partial charge in [0, 0.05) is 30.8 Å². The van der Waals surface area contributed by atoms with Crippen molar-refractivity contribution in [2.75, 3.05) is 10.3 Å². The molecule has 8 nitrogen and oxygen atoms in total. The van der Waals surface area contributed by atoms with Crippen LogP contribution >= 0.6 is 11.8 Å². The molecule has 0 aliphatic carbocycles. The van der Waals surface area contributed by atoms with E-state index in [1.807, 2.05) is 72.4 Å². The minimum absolute atomic E-state index is 0.144. The fourth-order valence-corrected chi connectivity index (χ4v) is 3.98. The number of carbonyl (C=O) groups excluding carboxylic acids is 2. The summed E-state index contributed by atoms with van der Waals surface area (Å²) in [4.78, 5) is 30.0. The van der Waals surface area contributed by atoms with Gasteiger partial charge in [0.2, 0.25) is 5.91 Å². The third-order valence-corrected chi connectivity index (χ3v) is 5.79. The molecule has 2 amide bonds. The van der Waals surface area contributed by atoms with Crippen molar-refractivity contribution in [2.24, 2.45) is 17.9 Å². The van der Waals surface area contributed by atoms with Crippen LogP contribution in [-0.4, -0.2) is 33.1 Å². The first kappa shape index (κ1) is 19.7. The lowest BCUT2D eigenvalue weighted by Gasteiger charge is -2.20. The van der Waals surface area contributed by atoms with Crippen molar-refractivity contribution >= 4 is 40.7 Å². The Morgan fingerprint density at radius 2 is 1.87 bits per heavy atom. The number of nitrogens with two attached hydrogens (primary N) is 1. The van der Waals surface area contributed by atoms with E-state index < -0.39 is 11.9 Å². The standard InChI is InChI=1S/C21H20N6O2S/c1-26-12-11-23-21(26)30-18-10-6-5-9-15(18)24-20(29)16-13-17(19(22)28)27(25-16)14-7-3-2-4-8-14/h2-12,17H,13H2,1H3,(H2,22,28)(H,24,29). The van der Waals surface area contributed by atoms with Gasteiger partial charge in [0.25, 0.3) is 5.91 Å². The zero-order chi connectivity index (χ0) is 21.1. The van der Waals surface area contributed by atoms with Crippen molar-refractivity contribution in [3.63, 3.8) is 0 Å². The highest BCUT2D eigenvalue weighted by molar-refractivity contribution is 7.99. The Hall–Kier alpha value is -3.59. The van der Waals surface area contributed by atoms with Gasteiger partial charge in [0.05, 0.1) is 11.4 Å². The van der Waals surface area contributed by atoms with Crippen LogP contribution in [-0.2, 0) is 16.6 Å². The maximum Gasteiger partial charge on any atom is 0.271 e. The van der Waals surface area contributed by atoms with Gasteiger partial charge in [-0.15, -0.1) is 0 Å². The average Bonchev–Trinajstić information content (AvgIpc) is 3.37. The minimum Gasteiger partial charge on any atom is -0.368 e. The van der Waals surface area contributed by atoms with Gasteiger partial charge in [-0.3, -0.25) is 14.6 Å². The highest BCUT2D eigenvalue weighted by Gasteiger charge is 2.35. The number of amides is 2. The second-order valence-electron chi connectivity index (χ2n) is 6.72. The fraction of sp³-hybridized carbons (Fsp3) is 0.143. The predicted molar refractivity (Wildman–Crippen MR) is 116 cm³/mol. The summed E-state index contributed by atoms with van der Waals surface area (Å²) in [6.07, 6.45) is 3.72. The summed E-state index contributed by atoms with van der Waals surface area (Å²) in [6, 6.07) is 16.0. The number of anilines is 2. The van der Waals surface area contributed by atoms with Crippen LogP contribution < -0.4 is 16.1 Å². The Morgan fingerprint density at radius 3 is 2.57 bits per heavy atom. The van der Waals surface area contributed by atoms with Crippen molar-refractivity contribution in [1.29, 1.82) is 0 Å². The van der Waals surface area contributed by atoms with Crippen molar-refractivity contribution in [3.8, 4) is 0 Å². The number of nitrogens with one attached hydrogen (secondary N) is 1. The zero-order valence-corrected chi connectivity index (χ0v) is 17.0. The number of hydrogen-bond acceptors (Lipinski definition) is 6. The Balaban J connectivity index is 1.56. The number of hydrogen-bond donors (Lipinski definition) is 2. The van der Waals surface area contributed by atoms with Crippen molar-refractivity contribution in [3.05, 3.63) is 67.0 Å². The first-order valence-electron chi connectivity index (χ1n) is 9.29. The summed E-state index contributed by atoms with van der Waals surface area (Å²) in [5.41, 5.74) is 7.15. The molecule has 0 fully saturated rings. The molecule has 3 N–H and O–H groups in total. The molecule has 152 valence electrons. The maximum absolute atomic E-state index is 12.9. The van der Waals surface area contributed by atoms with E-state index in [1.165, 1.54) is 16.8 Å². The van der Waals surface area contributed by atoms with Gasteiger partial charge < -0.3 is 15.6 Å². The third-order valence-electron chi connectivity index (χ3n) is 4.64. The second-order valence-corrected chi connectivity index (χ2v) is 7.73. The summed E-state index contributed by atoms with van der Waals surface area (Å²) < 4.78 is 1.90. The van der Waals surface area contributed by atoms with Gasteiger partial charge in [-0.1, -0.05) is 30.3 Å². The molecular formula is C21H20N6O2S. The molecule has 2 aromatic carbocycles. The highest BCUT2D eigenvalue weighted by Crippen LogP contribution is 2.32. The largest absolute Gasteiger partial charge is 0.368 e. The second kappa shape index (κ2) is 8.42. The number of benzene rings is 2. The van der Waals surface area contributed by atoms with Crippen LogP contribution in [0.2, 0.25) is 0 Å². The molecule has 1 atom stereocenters. The molecule has 4 rings (SSSR count). The zero-order valence-electron chi connectivity index (χ0n) is 16.2. The Kier molecular flexibility index (Phi) is 5.53. The van der Waals surface area contributed by atoms with Crippen LogP contribution in [0.4, 0.5) is 11.4 Å². The van der Waals surface area contributed by atoms with E-state index in [0.29, 0.717) is 11.4 Å². The molecule has 9 heteroatoms. The molecule has 0 spiro atoms. The number of aryl methyl sites for hydroxylation is 1. The number of imidazole rings is 1. The van der Waals surface area contributed by atoms with E-state index in [1.54, 1.807) is 6.20 Å². The van der Waals surface area contributed by atoms with Gasteiger partial charge in [-0.05, 0) is 36.0 Å². The molecular weight excluding hydrogens is 400 g/mol. The van der Waals surface area contributed by atoms with Crippen LogP contribution in [0.15, 0.2) is 82.1 Å². The van der Waals surface area contributed by atoms with Gasteiger partial charge in [0.15, 0.2) is 5.16 Å². The summed E-state index contributed by atoms with van der Waals surface area (Å²) >= 11 is 1.45. The molecule has 30 heavy (non-hydrogen) atoms. The van der Waals surface area contributed by atoms with Crippen LogP contribution in [0.5, 0.6) is 0 Å². The van der Waals surface area contributed by atoms with Crippen molar-refractivity contribution < 1.29 is 9.59 Å². The molecule has 0 saturated heterocycles. The Morgan fingerprint density at radius 1 is 1.13 bits per heavy atom. The molecule has 0 radical (unpaired) electrons. The lowest BCUT2D eigenvalue weighted by atomic mass is 10.1. The third kappa shape index (κ3) is 4.06.